The Labute approximate surface area is 140 Å². The fourth-order valence-electron chi connectivity index (χ4n) is 1.74. The van der Waals surface area contributed by atoms with Crippen molar-refractivity contribution in [3.05, 3.63) is 62.5 Å². The molecule has 0 amide bonds. The minimum Gasteiger partial charge on any atom is -0.392 e. The summed E-state index contributed by atoms with van der Waals surface area (Å²) in [6.45, 7) is -0.0593. The normalized spacial score (nSPS) is 11.4. The molecule has 0 aliphatic rings. The molecule has 0 spiro atoms. The zero-order chi connectivity index (χ0) is 15.5. The second-order valence-electron chi connectivity index (χ2n) is 4.46. The third kappa shape index (κ3) is 4.81. The number of hydrogen-bond donors (Lipinski definition) is 2. The van der Waals surface area contributed by atoms with Gasteiger partial charge in [-0.1, -0.05) is 40.2 Å². The Kier molecular flexibility index (Phi) is 5.43. The average Bonchev–Trinajstić information content (AvgIpc) is 2.43. The molecule has 0 heterocycles. The summed E-state index contributed by atoms with van der Waals surface area (Å²) in [6, 6.07) is 12.1. The maximum absolute atomic E-state index is 12.2. The maximum atomic E-state index is 12.2. The van der Waals surface area contributed by atoms with Crippen LogP contribution in [-0.4, -0.2) is 13.5 Å². The molecular formula is C14H13Br2NO3S. The zero-order valence-corrected chi connectivity index (χ0v) is 14.9. The molecule has 0 aliphatic carbocycles. The van der Waals surface area contributed by atoms with Gasteiger partial charge in [0.1, 0.15) is 0 Å². The Hall–Kier alpha value is -0.890. The fourth-order valence-corrected chi connectivity index (χ4v) is 3.79. The van der Waals surface area contributed by atoms with Crippen molar-refractivity contribution >= 4 is 47.6 Å². The van der Waals surface area contributed by atoms with Gasteiger partial charge < -0.3 is 5.11 Å². The SMILES string of the molecule is O=S(=O)(Cc1ccc(CO)cc1)Nc1cc(Br)ccc1Br. The second-order valence-corrected chi connectivity index (χ2v) is 7.95. The first-order chi connectivity index (χ1) is 9.89. The summed E-state index contributed by atoms with van der Waals surface area (Å²) < 4.78 is 28.4. The lowest BCUT2D eigenvalue weighted by atomic mass is 10.2. The number of benzene rings is 2. The minimum atomic E-state index is -3.51. The van der Waals surface area contributed by atoms with Crippen LogP contribution in [0.5, 0.6) is 0 Å². The first-order valence-electron chi connectivity index (χ1n) is 6.04. The Balaban J connectivity index is 2.16. The van der Waals surface area contributed by atoms with Crippen molar-refractivity contribution in [1.82, 2.24) is 0 Å². The molecule has 2 N–H and O–H groups in total. The molecule has 4 nitrogen and oxygen atoms in total. The van der Waals surface area contributed by atoms with Crippen LogP contribution in [0.15, 0.2) is 51.4 Å². The van der Waals surface area contributed by atoms with Gasteiger partial charge in [-0.2, -0.15) is 0 Å². The van der Waals surface area contributed by atoms with E-state index < -0.39 is 10.0 Å². The molecule has 0 atom stereocenters. The van der Waals surface area contributed by atoms with Gasteiger partial charge in [0, 0.05) is 8.95 Å². The summed E-state index contributed by atoms with van der Waals surface area (Å²) in [5.74, 6) is -0.127. The van der Waals surface area contributed by atoms with Crippen LogP contribution in [0.4, 0.5) is 5.69 Å². The predicted octanol–water partition coefficient (Wildman–Crippen LogP) is 3.65. The van der Waals surface area contributed by atoms with E-state index in [-0.39, 0.29) is 12.4 Å². The first kappa shape index (κ1) is 16.5. The lowest BCUT2D eigenvalue weighted by Gasteiger charge is -2.10. The molecule has 0 aliphatic heterocycles. The van der Waals surface area contributed by atoms with Crippen molar-refractivity contribution < 1.29 is 13.5 Å². The predicted molar refractivity (Wildman–Crippen MR) is 90.5 cm³/mol. The topological polar surface area (TPSA) is 66.4 Å². The Morgan fingerprint density at radius 3 is 2.24 bits per heavy atom. The molecule has 0 saturated heterocycles. The highest BCUT2D eigenvalue weighted by molar-refractivity contribution is 9.11. The van der Waals surface area contributed by atoms with Crippen LogP contribution < -0.4 is 4.72 Å². The maximum Gasteiger partial charge on any atom is 0.236 e. The van der Waals surface area contributed by atoms with Crippen molar-refractivity contribution in [2.75, 3.05) is 4.72 Å². The highest BCUT2D eigenvalue weighted by atomic mass is 79.9. The van der Waals surface area contributed by atoms with E-state index in [2.05, 4.69) is 36.6 Å². The third-order valence-corrected chi connectivity index (χ3v) is 5.19. The number of hydrogen-bond acceptors (Lipinski definition) is 3. The minimum absolute atomic E-state index is 0.0593. The number of sulfonamides is 1. The van der Waals surface area contributed by atoms with Crippen molar-refractivity contribution in [1.29, 1.82) is 0 Å². The van der Waals surface area contributed by atoms with Gasteiger partial charge in [0.15, 0.2) is 0 Å². The first-order valence-corrected chi connectivity index (χ1v) is 9.28. The molecule has 0 radical (unpaired) electrons. The van der Waals surface area contributed by atoms with Crippen LogP contribution in [0, 0.1) is 0 Å². The van der Waals surface area contributed by atoms with Gasteiger partial charge in [0.05, 0.1) is 18.0 Å². The van der Waals surface area contributed by atoms with Crippen molar-refractivity contribution in [3.8, 4) is 0 Å². The van der Waals surface area contributed by atoms with Gasteiger partial charge in [-0.25, -0.2) is 8.42 Å². The van der Waals surface area contributed by atoms with E-state index in [0.29, 0.717) is 15.7 Å². The summed E-state index contributed by atoms with van der Waals surface area (Å²) in [6.07, 6.45) is 0. The zero-order valence-electron chi connectivity index (χ0n) is 10.9. The van der Waals surface area contributed by atoms with Crippen LogP contribution in [0.2, 0.25) is 0 Å². The highest BCUT2D eigenvalue weighted by Gasteiger charge is 2.13. The van der Waals surface area contributed by atoms with Crippen LogP contribution in [0.25, 0.3) is 0 Å². The molecule has 7 heteroatoms. The van der Waals surface area contributed by atoms with E-state index in [1.807, 2.05) is 6.07 Å². The summed E-state index contributed by atoms with van der Waals surface area (Å²) in [5, 5.41) is 8.97. The molecular weight excluding hydrogens is 422 g/mol. The Bertz CT molecular complexity index is 730. The smallest absolute Gasteiger partial charge is 0.236 e. The fraction of sp³-hybridized carbons (Fsp3) is 0.143. The molecule has 2 aromatic rings. The van der Waals surface area contributed by atoms with E-state index in [1.54, 1.807) is 36.4 Å². The number of halogens is 2. The lowest BCUT2D eigenvalue weighted by molar-refractivity contribution is 0.282. The summed E-state index contributed by atoms with van der Waals surface area (Å²) in [4.78, 5) is 0. The molecule has 2 rings (SSSR count). The van der Waals surface area contributed by atoms with Crippen molar-refractivity contribution in [2.45, 2.75) is 12.4 Å². The quantitative estimate of drug-likeness (QED) is 0.754. The standard InChI is InChI=1S/C14H13Br2NO3S/c15-12-5-6-13(16)14(7-12)17-21(19,20)9-11-3-1-10(8-18)2-4-11/h1-7,17-18H,8-9H2. The molecule has 112 valence electrons. The second kappa shape index (κ2) is 6.91. The lowest BCUT2D eigenvalue weighted by Crippen LogP contribution is -2.15. The van der Waals surface area contributed by atoms with Gasteiger partial charge in [-0.05, 0) is 45.3 Å². The molecule has 0 aromatic heterocycles. The van der Waals surface area contributed by atoms with Crippen LogP contribution in [0.3, 0.4) is 0 Å². The molecule has 0 unspecified atom stereocenters. The summed E-state index contributed by atoms with van der Waals surface area (Å²) >= 11 is 6.62. The third-order valence-electron chi connectivity index (χ3n) is 2.76. The van der Waals surface area contributed by atoms with Crippen LogP contribution in [0.1, 0.15) is 11.1 Å². The number of rotatable bonds is 5. The average molecular weight is 435 g/mol. The molecule has 2 aromatic carbocycles. The van der Waals surface area contributed by atoms with E-state index in [4.69, 9.17) is 5.11 Å². The monoisotopic (exact) mass is 433 g/mol. The van der Waals surface area contributed by atoms with Gasteiger partial charge in [0.2, 0.25) is 10.0 Å². The summed E-state index contributed by atoms with van der Waals surface area (Å²) in [7, 11) is -3.51. The van der Waals surface area contributed by atoms with Crippen LogP contribution >= 0.6 is 31.9 Å². The van der Waals surface area contributed by atoms with E-state index >= 15 is 0 Å². The number of aliphatic hydroxyl groups is 1. The molecule has 0 fully saturated rings. The number of aliphatic hydroxyl groups excluding tert-OH is 1. The van der Waals surface area contributed by atoms with Crippen LogP contribution in [-0.2, 0) is 22.4 Å². The number of anilines is 1. The van der Waals surface area contributed by atoms with Gasteiger partial charge in [-0.15, -0.1) is 0 Å². The van der Waals surface area contributed by atoms with Crippen molar-refractivity contribution in [3.63, 3.8) is 0 Å². The van der Waals surface area contributed by atoms with Crippen molar-refractivity contribution in [2.24, 2.45) is 0 Å². The van der Waals surface area contributed by atoms with Gasteiger partial charge >= 0.3 is 0 Å². The molecule has 21 heavy (non-hydrogen) atoms. The van der Waals surface area contributed by atoms with E-state index in [1.165, 1.54) is 0 Å². The number of nitrogens with one attached hydrogen (secondary N) is 1. The Morgan fingerprint density at radius 1 is 1.00 bits per heavy atom. The Morgan fingerprint density at radius 2 is 1.62 bits per heavy atom. The summed E-state index contributed by atoms with van der Waals surface area (Å²) in [5.41, 5.74) is 1.89. The van der Waals surface area contributed by atoms with E-state index in [0.717, 1.165) is 10.0 Å². The largest absolute Gasteiger partial charge is 0.392 e. The molecule has 0 saturated carbocycles. The van der Waals surface area contributed by atoms with Gasteiger partial charge in [-0.3, -0.25) is 4.72 Å². The highest BCUT2D eigenvalue weighted by Crippen LogP contribution is 2.27. The van der Waals surface area contributed by atoms with E-state index in [9.17, 15) is 8.42 Å². The van der Waals surface area contributed by atoms with Gasteiger partial charge in [0.25, 0.3) is 0 Å². The molecule has 0 bridgehead atoms.